The van der Waals surface area contributed by atoms with Gasteiger partial charge in [-0.25, -0.2) is 0 Å². The van der Waals surface area contributed by atoms with Crippen LogP contribution in [0.15, 0.2) is 22.7 Å². The summed E-state index contributed by atoms with van der Waals surface area (Å²) in [5.41, 5.74) is 3.95. The van der Waals surface area contributed by atoms with Crippen molar-refractivity contribution in [2.45, 2.75) is 24.6 Å². The van der Waals surface area contributed by atoms with Gasteiger partial charge in [0.25, 0.3) is 5.91 Å². The molecule has 1 aliphatic carbocycles. The van der Waals surface area contributed by atoms with Crippen molar-refractivity contribution in [2.75, 3.05) is 5.73 Å². The molecule has 0 aliphatic heterocycles. The van der Waals surface area contributed by atoms with Gasteiger partial charge in [0.1, 0.15) is 5.54 Å². The van der Waals surface area contributed by atoms with Gasteiger partial charge < -0.3 is 11.1 Å². The fraction of sp³-hybridized carbons (Fsp3) is 0.364. The number of halogens is 4. The van der Waals surface area contributed by atoms with E-state index in [1.807, 2.05) is 5.32 Å². The van der Waals surface area contributed by atoms with Crippen molar-refractivity contribution in [1.29, 1.82) is 0 Å². The van der Waals surface area contributed by atoms with Crippen LogP contribution >= 0.6 is 15.9 Å². The zero-order chi connectivity index (χ0) is 13.6. The monoisotopic (exact) mass is 322 g/mol. The fourth-order valence-electron chi connectivity index (χ4n) is 1.58. The molecule has 3 nitrogen and oxygen atoms in total. The molecule has 1 amide bonds. The first-order valence-corrected chi connectivity index (χ1v) is 5.99. The molecule has 1 aromatic carbocycles. The highest BCUT2D eigenvalue weighted by molar-refractivity contribution is 9.10. The van der Waals surface area contributed by atoms with Crippen molar-refractivity contribution in [3.63, 3.8) is 0 Å². The van der Waals surface area contributed by atoms with Crippen LogP contribution < -0.4 is 11.1 Å². The van der Waals surface area contributed by atoms with Crippen LogP contribution in [0.2, 0.25) is 0 Å². The van der Waals surface area contributed by atoms with Crippen LogP contribution in [0.25, 0.3) is 0 Å². The molecular weight excluding hydrogens is 313 g/mol. The fourth-order valence-corrected chi connectivity index (χ4v) is 1.83. The number of hydrogen-bond acceptors (Lipinski definition) is 2. The third kappa shape index (κ3) is 2.31. The normalized spacial score (nSPS) is 17.3. The number of nitrogens with one attached hydrogen (secondary N) is 1. The number of hydrogen-bond donors (Lipinski definition) is 2. The Labute approximate surface area is 110 Å². The van der Waals surface area contributed by atoms with E-state index in [4.69, 9.17) is 5.73 Å². The number of carbonyl (C=O) groups excluding carboxylic acids is 1. The molecule has 0 atom stereocenters. The van der Waals surface area contributed by atoms with Crippen molar-refractivity contribution in [3.05, 3.63) is 28.2 Å². The Morgan fingerprint density at radius 2 is 2.00 bits per heavy atom. The minimum Gasteiger partial charge on any atom is -0.398 e. The van der Waals surface area contributed by atoms with Crippen LogP contribution in [0, 0.1) is 0 Å². The molecule has 7 heteroatoms. The summed E-state index contributed by atoms with van der Waals surface area (Å²) in [6.45, 7) is 0. The predicted octanol–water partition coefficient (Wildman–Crippen LogP) is 2.86. The second-order valence-electron chi connectivity index (χ2n) is 4.27. The van der Waals surface area contributed by atoms with Gasteiger partial charge >= 0.3 is 6.18 Å². The standard InChI is InChI=1S/C11H10BrF3N2O/c12-7-2-1-6(5-8(7)16)9(18)17-10(3-4-10)11(13,14)15/h1-2,5H,3-4,16H2,(H,17,18). The van der Waals surface area contributed by atoms with Crippen molar-refractivity contribution < 1.29 is 18.0 Å². The summed E-state index contributed by atoms with van der Waals surface area (Å²) in [7, 11) is 0. The van der Waals surface area contributed by atoms with Gasteiger partial charge in [-0.05, 0) is 47.0 Å². The molecule has 0 heterocycles. The highest BCUT2D eigenvalue weighted by Crippen LogP contribution is 2.49. The molecule has 1 saturated carbocycles. The molecule has 18 heavy (non-hydrogen) atoms. The van der Waals surface area contributed by atoms with E-state index in [1.54, 1.807) is 0 Å². The van der Waals surface area contributed by atoms with Crippen LogP contribution in [0.3, 0.4) is 0 Å². The van der Waals surface area contributed by atoms with E-state index in [2.05, 4.69) is 15.9 Å². The molecule has 1 aliphatic rings. The highest BCUT2D eigenvalue weighted by atomic mass is 79.9. The molecule has 1 aromatic rings. The van der Waals surface area contributed by atoms with E-state index in [1.165, 1.54) is 18.2 Å². The first kappa shape index (κ1) is 13.2. The third-order valence-electron chi connectivity index (χ3n) is 2.90. The number of alkyl halides is 3. The highest BCUT2D eigenvalue weighted by Gasteiger charge is 2.64. The largest absolute Gasteiger partial charge is 0.411 e. The molecule has 98 valence electrons. The average molecular weight is 323 g/mol. The molecule has 0 unspecified atom stereocenters. The first-order valence-electron chi connectivity index (χ1n) is 5.19. The summed E-state index contributed by atoms with van der Waals surface area (Å²) < 4.78 is 38.6. The Morgan fingerprint density at radius 1 is 1.39 bits per heavy atom. The zero-order valence-electron chi connectivity index (χ0n) is 9.14. The maximum absolute atomic E-state index is 12.7. The maximum atomic E-state index is 12.7. The van der Waals surface area contributed by atoms with Crippen LogP contribution in [0.1, 0.15) is 23.2 Å². The van der Waals surface area contributed by atoms with E-state index < -0.39 is 17.6 Å². The molecule has 3 N–H and O–H groups in total. The number of rotatable bonds is 2. The van der Waals surface area contributed by atoms with Gasteiger partial charge in [0, 0.05) is 15.7 Å². The van der Waals surface area contributed by atoms with E-state index in [9.17, 15) is 18.0 Å². The number of amides is 1. The lowest BCUT2D eigenvalue weighted by atomic mass is 10.1. The average Bonchev–Trinajstić information content (AvgIpc) is 3.02. The number of nitrogen functional groups attached to an aromatic ring is 1. The van der Waals surface area contributed by atoms with Gasteiger partial charge in [0.2, 0.25) is 0 Å². The number of benzene rings is 1. The van der Waals surface area contributed by atoms with Gasteiger partial charge in [-0.1, -0.05) is 0 Å². The SMILES string of the molecule is Nc1cc(C(=O)NC2(C(F)(F)F)CC2)ccc1Br. The van der Waals surface area contributed by atoms with Gasteiger partial charge in [0.15, 0.2) is 0 Å². The van der Waals surface area contributed by atoms with E-state index in [0.29, 0.717) is 10.2 Å². The Kier molecular flexibility index (Phi) is 3.04. The van der Waals surface area contributed by atoms with Gasteiger partial charge in [-0.2, -0.15) is 13.2 Å². The van der Waals surface area contributed by atoms with E-state index >= 15 is 0 Å². The molecule has 0 bridgehead atoms. The first-order chi connectivity index (χ1) is 8.25. The lowest BCUT2D eigenvalue weighted by molar-refractivity contribution is -0.163. The molecule has 2 rings (SSSR count). The van der Waals surface area contributed by atoms with Crippen molar-refractivity contribution in [2.24, 2.45) is 0 Å². The maximum Gasteiger partial charge on any atom is 0.411 e. The Morgan fingerprint density at radius 3 is 2.44 bits per heavy atom. The quantitative estimate of drug-likeness (QED) is 0.823. The van der Waals surface area contributed by atoms with Crippen LogP contribution in [0.5, 0.6) is 0 Å². The summed E-state index contributed by atoms with van der Waals surface area (Å²) >= 11 is 3.15. The summed E-state index contributed by atoms with van der Waals surface area (Å²) in [5, 5.41) is 2.04. The van der Waals surface area contributed by atoms with Gasteiger partial charge in [0.05, 0.1) is 0 Å². The van der Waals surface area contributed by atoms with E-state index in [0.717, 1.165) is 0 Å². The molecule has 1 fully saturated rings. The topological polar surface area (TPSA) is 55.1 Å². The second kappa shape index (κ2) is 4.15. The number of nitrogens with two attached hydrogens (primary N) is 1. The molecule has 0 aromatic heterocycles. The number of carbonyl (C=O) groups is 1. The molecule has 0 spiro atoms. The summed E-state index contributed by atoms with van der Waals surface area (Å²) in [5.74, 6) is -0.760. The molecular formula is C11H10BrF3N2O. The molecule has 0 radical (unpaired) electrons. The summed E-state index contributed by atoms with van der Waals surface area (Å²) in [6, 6.07) is 4.28. The smallest absolute Gasteiger partial charge is 0.398 e. The zero-order valence-corrected chi connectivity index (χ0v) is 10.7. The Bertz CT molecular complexity index is 498. The van der Waals surface area contributed by atoms with Crippen molar-refractivity contribution in [3.8, 4) is 0 Å². The third-order valence-corrected chi connectivity index (χ3v) is 3.63. The van der Waals surface area contributed by atoms with Crippen molar-refractivity contribution >= 4 is 27.5 Å². The summed E-state index contributed by atoms with van der Waals surface area (Å²) in [4.78, 5) is 11.7. The number of anilines is 1. The van der Waals surface area contributed by atoms with Crippen LogP contribution in [-0.4, -0.2) is 17.6 Å². The lowest BCUT2D eigenvalue weighted by Gasteiger charge is -2.20. The summed E-state index contributed by atoms with van der Waals surface area (Å²) in [6.07, 6.45) is -4.56. The Hall–Kier alpha value is -1.24. The minimum atomic E-state index is -4.41. The van der Waals surface area contributed by atoms with Gasteiger partial charge in [-0.3, -0.25) is 4.79 Å². The molecule has 0 saturated heterocycles. The Balaban J connectivity index is 2.16. The van der Waals surface area contributed by atoms with Crippen LogP contribution in [0.4, 0.5) is 18.9 Å². The van der Waals surface area contributed by atoms with Gasteiger partial charge in [-0.15, -0.1) is 0 Å². The van der Waals surface area contributed by atoms with Crippen LogP contribution in [-0.2, 0) is 0 Å². The lowest BCUT2D eigenvalue weighted by Crippen LogP contribution is -2.47. The second-order valence-corrected chi connectivity index (χ2v) is 5.12. The van der Waals surface area contributed by atoms with E-state index in [-0.39, 0.29) is 18.4 Å². The predicted molar refractivity (Wildman–Crippen MR) is 64.0 cm³/mol. The minimum absolute atomic E-state index is 0.0751. The van der Waals surface area contributed by atoms with Crippen molar-refractivity contribution in [1.82, 2.24) is 5.32 Å².